The van der Waals surface area contributed by atoms with Crippen molar-refractivity contribution in [3.8, 4) is 17.1 Å². The maximum atomic E-state index is 12.8. The quantitative estimate of drug-likeness (QED) is 0.509. The molecule has 1 N–H and O–H groups in total. The lowest BCUT2D eigenvalue weighted by Crippen LogP contribution is -2.32. The van der Waals surface area contributed by atoms with E-state index in [1.807, 2.05) is 43.3 Å². The van der Waals surface area contributed by atoms with Gasteiger partial charge in [-0.05, 0) is 75.1 Å². The number of hydrogen-bond donors (Lipinski definition) is 1. The first-order chi connectivity index (χ1) is 18.0. The normalized spacial score (nSPS) is 16.1. The van der Waals surface area contributed by atoms with Crippen molar-refractivity contribution in [2.24, 2.45) is 5.92 Å². The fourth-order valence-electron chi connectivity index (χ4n) is 4.91. The Morgan fingerprint density at radius 2 is 1.89 bits per heavy atom. The molecule has 0 bridgehead atoms. The predicted molar refractivity (Wildman–Crippen MR) is 143 cm³/mol. The van der Waals surface area contributed by atoms with Crippen LogP contribution in [0.5, 0.6) is 5.75 Å². The predicted octanol–water partition coefficient (Wildman–Crippen LogP) is 3.70. The summed E-state index contributed by atoms with van der Waals surface area (Å²) in [4.78, 5) is 38.3. The van der Waals surface area contributed by atoms with Gasteiger partial charge in [0.05, 0.1) is 32.0 Å². The van der Waals surface area contributed by atoms with Gasteiger partial charge in [0.2, 0.25) is 5.91 Å². The highest BCUT2D eigenvalue weighted by molar-refractivity contribution is 6.03. The Morgan fingerprint density at radius 3 is 2.65 bits per heavy atom. The average Bonchev–Trinajstić information content (AvgIpc) is 3.23. The van der Waals surface area contributed by atoms with Gasteiger partial charge in [-0.25, -0.2) is 9.97 Å². The summed E-state index contributed by atoms with van der Waals surface area (Å²) in [6.45, 7) is 5.77. The largest absolute Gasteiger partial charge is 0.490 e. The van der Waals surface area contributed by atoms with Gasteiger partial charge in [-0.2, -0.15) is 0 Å². The molecule has 2 aliphatic heterocycles. The molecular weight excluding hydrogens is 466 g/mol. The summed E-state index contributed by atoms with van der Waals surface area (Å²) in [5, 5.41) is 2.82. The molecule has 2 aliphatic rings. The van der Waals surface area contributed by atoms with E-state index in [2.05, 4.69) is 27.2 Å². The van der Waals surface area contributed by atoms with Crippen molar-refractivity contribution in [1.82, 2.24) is 20.2 Å². The number of nitrogens with zero attached hydrogens (tertiary/aromatic N) is 4. The van der Waals surface area contributed by atoms with Gasteiger partial charge in [-0.15, -0.1) is 0 Å². The van der Waals surface area contributed by atoms with Crippen LogP contribution in [-0.4, -0.2) is 60.0 Å². The van der Waals surface area contributed by atoms with E-state index in [1.54, 1.807) is 23.4 Å². The van der Waals surface area contributed by atoms with Crippen LogP contribution in [0.25, 0.3) is 11.4 Å². The maximum Gasteiger partial charge on any atom is 0.251 e. The van der Waals surface area contributed by atoms with Crippen LogP contribution in [0.3, 0.4) is 0 Å². The van der Waals surface area contributed by atoms with Crippen molar-refractivity contribution in [3.63, 3.8) is 0 Å². The maximum absolute atomic E-state index is 12.8. The minimum absolute atomic E-state index is 0.0239. The molecule has 1 fully saturated rings. The van der Waals surface area contributed by atoms with E-state index in [1.165, 1.54) is 0 Å². The molecule has 0 aliphatic carbocycles. The molecule has 2 amide bonds. The number of hydrogen-bond acceptors (Lipinski definition) is 6. The standard InChI is InChI=1S/C29H33N5O3/c1-3-30-29(36)24-8-7-22-15-27(35)34(26(22)14-24)18-21-5-4-6-23(13-21)28-31-16-25(17-32-28)37-19-20-9-11-33(2)12-10-20/h4-8,13-14,16-17,20H,3,9-12,15,18-19H2,1-2H3,(H,30,36). The van der Waals surface area contributed by atoms with Crippen LogP contribution in [-0.2, 0) is 17.8 Å². The van der Waals surface area contributed by atoms with Crippen molar-refractivity contribution in [2.75, 3.05) is 38.2 Å². The molecule has 192 valence electrons. The topological polar surface area (TPSA) is 87.7 Å². The van der Waals surface area contributed by atoms with E-state index in [4.69, 9.17) is 4.74 Å². The molecule has 0 radical (unpaired) electrons. The zero-order chi connectivity index (χ0) is 25.8. The molecule has 0 unspecified atom stereocenters. The molecule has 0 spiro atoms. The Bertz CT molecular complexity index is 1270. The van der Waals surface area contributed by atoms with Crippen LogP contribution in [0, 0.1) is 5.92 Å². The van der Waals surface area contributed by atoms with Gasteiger partial charge in [-0.1, -0.05) is 24.3 Å². The first-order valence-electron chi connectivity index (χ1n) is 12.9. The number of anilines is 1. The second kappa shape index (κ2) is 11.1. The lowest BCUT2D eigenvalue weighted by atomic mass is 9.98. The molecule has 3 aromatic rings. The fraction of sp³-hybridized carbons (Fsp3) is 0.379. The van der Waals surface area contributed by atoms with Crippen molar-refractivity contribution in [1.29, 1.82) is 0 Å². The number of ether oxygens (including phenoxy) is 1. The minimum atomic E-state index is -0.137. The molecule has 1 aromatic heterocycles. The molecule has 0 saturated carbocycles. The first-order valence-corrected chi connectivity index (χ1v) is 12.9. The molecule has 8 heteroatoms. The summed E-state index contributed by atoms with van der Waals surface area (Å²) < 4.78 is 5.95. The number of nitrogens with one attached hydrogen (secondary N) is 1. The molecule has 1 saturated heterocycles. The summed E-state index contributed by atoms with van der Waals surface area (Å²) in [7, 11) is 2.16. The van der Waals surface area contributed by atoms with Gasteiger partial charge in [0.25, 0.3) is 5.91 Å². The van der Waals surface area contributed by atoms with Gasteiger partial charge < -0.3 is 19.9 Å². The Morgan fingerprint density at radius 1 is 1.11 bits per heavy atom. The number of carbonyl (C=O) groups is 2. The molecule has 8 nitrogen and oxygen atoms in total. The van der Waals surface area contributed by atoms with Gasteiger partial charge in [0, 0.05) is 23.4 Å². The first kappa shape index (κ1) is 24.9. The molecule has 37 heavy (non-hydrogen) atoms. The van der Waals surface area contributed by atoms with Crippen LogP contribution in [0.2, 0.25) is 0 Å². The highest BCUT2D eigenvalue weighted by atomic mass is 16.5. The number of likely N-dealkylation sites (tertiary alicyclic amines) is 1. The molecule has 5 rings (SSSR count). The lowest BCUT2D eigenvalue weighted by Gasteiger charge is -2.28. The van der Waals surface area contributed by atoms with E-state index < -0.39 is 0 Å². The number of rotatable bonds is 8. The second-order valence-electron chi connectivity index (χ2n) is 9.86. The highest BCUT2D eigenvalue weighted by Crippen LogP contribution is 2.32. The second-order valence-corrected chi connectivity index (χ2v) is 9.86. The summed E-state index contributed by atoms with van der Waals surface area (Å²) in [5.74, 6) is 1.75. The van der Waals surface area contributed by atoms with Crippen LogP contribution in [0.15, 0.2) is 54.9 Å². The van der Waals surface area contributed by atoms with Crippen molar-refractivity contribution >= 4 is 17.5 Å². The number of amides is 2. The Balaban J connectivity index is 1.26. The van der Waals surface area contributed by atoms with E-state index in [-0.39, 0.29) is 11.8 Å². The number of piperidine rings is 1. The summed E-state index contributed by atoms with van der Waals surface area (Å²) in [5.41, 5.74) is 4.13. The highest BCUT2D eigenvalue weighted by Gasteiger charge is 2.28. The van der Waals surface area contributed by atoms with Crippen LogP contribution in [0.1, 0.15) is 41.3 Å². The fourth-order valence-corrected chi connectivity index (χ4v) is 4.91. The smallest absolute Gasteiger partial charge is 0.251 e. The van der Waals surface area contributed by atoms with Crippen LogP contribution in [0.4, 0.5) is 5.69 Å². The molecular formula is C29H33N5O3. The van der Waals surface area contributed by atoms with E-state index in [0.717, 1.165) is 48.3 Å². The Kier molecular flexibility index (Phi) is 7.46. The average molecular weight is 500 g/mol. The third kappa shape index (κ3) is 5.80. The third-order valence-corrected chi connectivity index (χ3v) is 7.10. The number of aromatic nitrogens is 2. The minimum Gasteiger partial charge on any atom is -0.490 e. The number of benzene rings is 2. The van der Waals surface area contributed by atoms with Crippen LogP contribution >= 0.6 is 0 Å². The van der Waals surface area contributed by atoms with Gasteiger partial charge in [-0.3, -0.25) is 9.59 Å². The lowest BCUT2D eigenvalue weighted by molar-refractivity contribution is -0.117. The third-order valence-electron chi connectivity index (χ3n) is 7.10. The van der Waals surface area contributed by atoms with Gasteiger partial charge in [0.15, 0.2) is 11.6 Å². The van der Waals surface area contributed by atoms with E-state index in [9.17, 15) is 9.59 Å². The summed E-state index contributed by atoms with van der Waals surface area (Å²) >= 11 is 0. The van der Waals surface area contributed by atoms with Gasteiger partial charge >= 0.3 is 0 Å². The van der Waals surface area contributed by atoms with Crippen molar-refractivity contribution < 1.29 is 14.3 Å². The Hall–Kier alpha value is -3.78. The number of fused-ring (bicyclic) bond motifs is 1. The van der Waals surface area contributed by atoms with E-state index >= 15 is 0 Å². The Labute approximate surface area is 217 Å². The number of carbonyl (C=O) groups excluding carboxylic acids is 2. The summed E-state index contributed by atoms with van der Waals surface area (Å²) in [6.07, 6.45) is 6.10. The van der Waals surface area contributed by atoms with Crippen molar-refractivity contribution in [3.05, 3.63) is 71.5 Å². The van der Waals surface area contributed by atoms with E-state index in [0.29, 0.717) is 49.2 Å². The van der Waals surface area contributed by atoms with Gasteiger partial charge in [0.1, 0.15) is 0 Å². The SMILES string of the molecule is CCNC(=O)c1ccc2c(c1)N(Cc1cccc(-c3ncc(OCC4CCN(C)CC4)cn3)c1)C(=O)C2. The monoisotopic (exact) mass is 499 g/mol. The zero-order valence-electron chi connectivity index (χ0n) is 21.4. The molecule has 0 atom stereocenters. The zero-order valence-corrected chi connectivity index (χ0v) is 21.4. The summed E-state index contributed by atoms with van der Waals surface area (Å²) in [6, 6.07) is 13.4. The van der Waals surface area contributed by atoms with Crippen molar-refractivity contribution in [2.45, 2.75) is 32.7 Å². The molecule has 3 heterocycles. The molecule has 2 aromatic carbocycles. The van der Waals surface area contributed by atoms with Crippen LogP contribution < -0.4 is 15.0 Å².